The second kappa shape index (κ2) is 6.88. The molecule has 0 spiro atoms. The molecule has 1 atom stereocenters. The molecule has 16 heavy (non-hydrogen) atoms. The Balaban J connectivity index is 3.66. The van der Waals surface area contributed by atoms with Gasteiger partial charge in [0.15, 0.2) is 0 Å². The van der Waals surface area contributed by atoms with Gasteiger partial charge in [0.05, 0.1) is 11.7 Å². The smallest absolute Gasteiger partial charge is 0.103 e. The van der Waals surface area contributed by atoms with Crippen molar-refractivity contribution in [3.8, 4) is 6.07 Å². The SMILES string of the molecule is CCC(C)(C)OCCCCC(C)(C#N)NC. The molecule has 0 radical (unpaired) electrons. The first kappa shape index (κ1) is 15.4. The van der Waals surface area contributed by atoms with Crippen LogP contribution in [0.4, 0.5) is 0 Å². The number of nitrogens with zero attached hydrogens (tertiary/aromatic N) is 1. The number of ether oxygens (including phenoxy) is 1. The molecule has 3 nitrogen and oxygen atoms in total. The molecular weight excluding hydrogens is 200 g/mol. The summed E-state index contributed by atoms with van der Waals surface area (Å²) >= 11 is 0. The summed E-state index contributed by atoms with van der Waals surface area (Å²) in [4.78, 5) is 0. The fourth-order valence-electron chi connectivity index (χ4n) is 1.27. The van der Waals surface area contributed by atoms with Crippen LogP contribution >= 0.6 is 0 Å². The molecule has 0 aromatic rings. The third kappa shape index (κ3) is 6.09. The van der Waals surface area contributed by atoms with Crippen LogP contribution in [0, 0.1) is 11.3 Å². The fraction of sp³-hybridized carbons (Fsp3) is 0.923. The summed E-state index contributed by atoms with van der Waals surface area (Å²) in [5.74, 6) is 0. The van der Waals surface area contributed by atoms with Gasteiger partial charge in [-0.05, 0) is 53.5 Å². The van der Waals surface area contributed by atoms with Crippen LogP contribution in [-0.4, -0.2) is 24.8 Å². The van der Waals surface area contributed by atoms with Crippen LogP contribution in [0.2, 0.25) is 0 Å². The molecule has 1 unspecified atom stereocenters. The van der Waals surface area contributed by atoms with E-state index in [0.717, 1.165) is 32.3 Å². The molecule has 0 saturated heterocycles. The van der Waals surface area contributed by atoms with Gasteiger partial charge in [0.1, 0.15) is 5.54 Å². The minimum absolute atomic E-state index is 0.0124. The van der Waals surface area contributed by atoms with Crippen molar-refractivity contribution in [2.24, 2.45) is 0 Å². The molecule has 0 amide bonds. The van der Waals surface area contributed by atoms with E-state index in [4.69, 9.17) is 10.00 Å². The molecule has 0 saturated carbocycles. The zero-order valence-corrected chi connectivity index (χ0v) is 11.4. The van der Waals surface area contributed by atoms with Crippen molar-refractivity contribution in [1.29, 1.82) is 5.26 Å². The second-order valence-corrected chi connectivity index (χ2v) is 5.11. The normalized spacial score (nSPS) is 15.5. The zero-order valence-electron chi connectivity index (χ0n) is 11.4. The highest BCUT2D eigenvalue weighted by Gasteiger charge is 2.20. The van der Waals surface area contributed by atoms with E-state index in [-0.39, 0.29) is 11.1 Å². The van der Waals surface area contributed by atoms with E-state index < -0.39 is 0 Å². The maximum absolute atomic E-state index is 8.97. The molecule has 0 bridgehead atoms. The standard InChI is InChI=1S/C13H26N2O/c1-6-12(2,3)16-10-8-7-9-13(4,11-14)15-5/h15H,6-10H2,1-5H3. The predicted octanol–water partition coefficient (Wildman–Crippen LogP) is 2.86. The van der Waals surface area contributed by atoms with Crippen molar-refractivity contribution in [3.05, 3.63) is 0 Å². The van der Waals surface area contributed by atoms with Gasteiger partial charge in [-0.2, -0.15) is 5.26 Å². The number of hydrogen-bond acceptors (Lipinski definition) is 3. The maximum atomic E-state index is 8.97. The molecule has 0 aromatic carbocycles. The Labute approximate surface area is 100 Å². The Morgan fingerprint density at radius 1 is 1.25 bits per heavy atom. The molecule has 0 heterocycles. The Bertz CT molecular complexity index is 233. The summed E-state index contributed by atoms with van der Waals surface area (Å²) in [5, 5.41) is 12.0. The van der Waals surface area contributed by atoms with E-state index in [1.807, 2.05) is 14.0 Å². The van der Waals surface area contributed by atoms with Gasteiger partial charge in [-0.1, -0.05) is 6.92 Å². The first-order valence-electron chi connectivity index (χ1n) is 6.13. The zero-order chi connectivity index (χ0) is 12.7. The third-order valence-electron chi connectivity index (χ3n) is 3.21. The molecule has 94 valence electrons. The summed E-state index contributed by atoms with van der Waals surface area (Å²) in [6.45, 7) is 9.07. The largest absolute Gasteiger partial charge is 0.376 e. The highest BCUT2D eigenvalue weighted by molar-refractivity contribution is 5.02. The van der Waals surface area contributed by atoms with Crippen LogP contribution in [0.3, 0.4) is 0 Å². The van der Waals surface area contributed by atoms with Crippen LogP contribution in [0.15, 0.2) is 0 Å². The second-order valence-electron chi connectivity index (χ2n) is 5.11. The Morgan fingerprint density at radius 3 is 2.31 bits per heavy atom. The number of nitrogens with one attached hydrogen (secondary N) is 1. The molecule has 1 N–H and O–H groups in total. The van der Waals surface area contributed by atoms with E-state index >= 15 is 0 Å². The van der Waals surface area contributed by atoms with E-state index in [2.05, 4.69) is 32.2 Å². The van der Waals surface area contributed by atoms with E-state index in [9.17, 15) is 0 Å². The Hall–Kier alpha value is -0.590. The highest BCUT2D eigenvalue weighted by atomic mass is 16.5. The number of rotatable bonds is 8. The first-order chi connectivity index (χ1) is 7.39. The monoisotopic (exact) mass is 226 g/mol. The third-order valence-corrected chi connectivity index (χ3v) is 3.21. The first-order valence-corrected chi connectivity index (χ1v) is 6.13. The van der Waals surface area contributed by atoms with Gasteiger partial charge < -0.3 is 10.1 Å². The lowest BCUT2D eigenvalue weighted by molar-refractivity contribution is -0.0219. The van der Waals surface area contributed by atoms with Gasteiger partial charge in [-0.15, -0.1) is 0 Å². The van der Waals surface area contributed by atoms with Crippen molar-refractivity contribution in [2.45, 2.75) is 64.5 Å². The number of unbranched alkanes of at least 4 members (excludes halogenated alkanes) is 1. The van der Waals surface area contributed by atoms with E-state index in [0.29, 0.717) is 0 Å². The molecule has 3 heteroatoms. The molecule has 0 rings (SSSR count). The molecule has 0 fully saturated rings. The van der Waals surface area contributed by atoms with Crippen LogP contribution in [-0.2, 0) is 4.74 Å². The minimum atomic E-state index is -0.389. The van der Waals surface area contributed by atoms with Crippen molar-refractivity contribution in [1.82, 2.24) is 5.32 Å². The van der Waals surface area contributed by atoms with Crippen molar-refractivity contribution < 1.29 is 4.74 Å². The fourth-order valence-corrected chi connectivity index (χ4v) is 1.27. The van der Waals surface area contributed by atoms with E-state index in [1.54, 1.807) is 0 Å². The quantitative estimate of drug-likeness (QED) is 0.647. The predicted molar refractivity (Wildman–Crippen MR) is 67.3 cm³/mol. The van der Waals surface area contributed by atoms with Gasteiger partial charge in [0.25, 0.3) is 0 Å². The lowest BCUT2D eigenvalue weighted by Gasteiger charge is -2.24. The number of nitriles is 1. The average Bonchev–Trinajstić information content (AvgIpc) is 2.28. The van der Waals surface area contributed by atoms with Crippen molar-refractivity contribution in [3.63, 3.8) is 0 Å². The highest BCUT2D eigenvalue weighted by Crippen LogP contribution is 2.16. The molecule has 0 aliphatic rings. The summed E-state index contributed by atoms with van der Waals surface area (Å²) in [7, 11) is 1.83. The molecule has 0 aliphatic carbocycles. The average molecular weight is 226 g/mol. The van der Waals surface area contributed by atoms with Gasteiger partial charge in [0.2, 0.25) is 0 Å². The lowest BCUT2D eigenvalue weighted by Crippen LogP contribution is -2.37. The summed E-state index contributed by atoms with van der Waals surface area (Å²) in [5.41, 5.74) is -0.401. The van der Waals surface area contributed by atoms with Crippen LogP contribution in [0.25, 0.3) is 0 Å². The van der Waals surface area contributed by atoms with Crippen LogP contribution < -0.4 is 5.32 Å². The Kier molecular flexibility index (Phi) is 6.62. The maximum Gasteiger partial charge on any atom is 0.103 e. The van der Waals surface area contributed by atoms with Crippen molar-refractivity contribution in [2.75, 3.05) is 13.7 Å². The van der Waals surface area contributed by atoms with Crippen molar-refractivity contribution >= 4 is 0 Å². The lowest BCUT2D eigenvalue weighted by atomic mass is 9.97. The topological polar surface area (TPSA) is 45.0 Å². The Morgan fingerprint density at radius 2 is 1.88 bits per heavy atom. The van der Waals surface area contributed by atoms with E-state index in [1.165, 1.54) is 0 Å². The summed E-state index contributed by atoms with van der Waals surface area (Å²) in [6.07, 6.45) is 3.93. The van der Waals surface area contributed by atoms with Gasteiger partial charge >= 0.3 is 0 Å². The van der Waals surface area contributed by atoms with Crippen LogP contribution in [0.1, 0.15) is 53.4 Å². The molecule has 0 aromatic heterocycles. The summed E-state index contributed by atoms with van der Waals surface area (Å²) < 4.78 is 5.76. The van der Waals surface area contributed by atoms with Gasteiger partial charge in [-0.25, -0.2) is 0 Å². The molecule has 0 aliphatic heterocycles. The minimum Gasteiger partial charge on any atom is -0.376 e. The van der Waals surface area contributed by atoms with Crippen LogP contribution in [0.5, 0.6) is 0 Å². The van der Waals surface area contributed by atoms with Gasteiger partial charge in [-0.3, -0.25) is 0 Å². The molecular formula is C13H26N2O. The van der Waals surface area contributed by atoms with Gasteiger partial charge in [0, 0.05) is 6.61 Å². The number of hydrogen-bond donors (Lipinski definition) is 1. The summed E-state index contributed by atoms with van der Waals surface area (Å²) in [6, 6.07) is 2.29.